The van der Waals surface area contributed by atoms with E-state index in [0.29, 0.717) is 28.3 Å². The number of hydrogen-bond donors (Lipinski definition) is 4. The summed E-state index contributed by atoms with van der Waals surface area (Å²) >= 11 is 0. The van der Waals surface area contributed by atoms with Crippen molar-refractivity contribution in [3.05, 3.63) is 71.1 Å². The predicted molar refractivity (Wildman–Crippen MR) is 96.0 cm³/mol. The lowest BCUT2D eigenvalue weighted by Gasteiger charge is -2.12. The van der Waals surface area contributed by atoms with Crippen molar-refractivity contribution in [2.75, 3.05) is 5.32 Å². The molecule has 0 bridgehead atoms. The second-order valence-electron chi connectivity index (χ2n) is 6.17. The Labute approximate surface area is 153 Å². The van der Waals surface area contributed by atoms with Crippen LogP contribution in [0.15, 0.2) is 42.6 Å². The fraction of sp³-hybridized carbons (Fsp3) is 0.167. The number of anilines is 2. The van der Waals surface area contributed by atoms with Gasteiger partial charge in [0.2, 0.25) is 0 Å². The minimum Gasteiger partial charge on any atom is -0.392 e. The van der Waals surface area contributed by atoms with E-state index < -0.39 is 11.9 Å². The Bertz CT molecular complexity index is 1090. The number of fused-ring (bicyclic) bond motifs is 1. The van der Waals surface area contributed by atoms with E-state index >= 15 is 0 Å². The summed E-state index contributed by atoms with van der Waals surface area (Å²) in [6.07, 6.45) is 0.509. The van der Waals surface area contributed by atoms with Gasteiger partial charge in [-0.2, -0.15) is 5.10 Å². The number of aryl methyl sites for hydroxylation is 1. The number of halogens is 1. The van der Waals surface area contributed by atoms with Gasteiger partial charge >= 0.3 is 0 Å². The molecule has 3 heterocycles. The van der Waals surface area contributed by atoms with Crippen molar-refractivity contribution < 1.29 is 14.6 Å². The maximum Gasteiger partial charge on any atom is 0.184 e. The molecule has 4 aromatic rings. The Morgan fingerprint density at radius 1 is 1.26 bits per heavy atom. The van der Waals surface area contributed by atoms with Gasteiger partial charge in [-0.05, 0) is 36.2 Å². The van der Waals surface area contributed by atoms with Crippen molar-refractivity contribution in [3.8, 4) is 0 Å². The van der Waals surface area contributed by atoms with Crippen molar-refractivity contribution >= 4 is 17.2 Å². The van der Waals surface area contributed by atoms with Crippen molar-refractivity contribution in [2.24, 2.45) is 0 Å². The monoisotopic (exact) mass is 368 g/mol. The molecule has 1 unspecified atom stereocenters. The minimum atomic E-state index is -1.14. The summed E-state index contributed by atoms with van der Waals surface area (Å²) < 4.78 is 14.7. The highest BCUT2D eigenvalue weighted by molar-refractivity contribution is 5.73. The molecular formula is C18H17FN6O2. The normalized spacial score (nSPS) is 12.4. The van der Waals surface area contributed by atoms with Crippen LogP contribution in [-0.4, -0.2) is 35.0 Å². The zero-order valence-corrected chi connectivity index (χ0v) is 14.4. The molecule has 0 fully saturated rings. The SMILES string of the molecule is Cc1cc(Nc2nc(C(O)c3ccc(F)cc3)nn3cc(CO)cc23)n[nH]1. The molecule has 4 rings (SSSR count). The largest absolute Gasteiger partial charge is 0.392 e. The van der Waals surface area contributed by atoms with Gasteiger partial charge in [0.15, 0.2) is 17.5 Å². The fourth-order valence-corrected chi connectivity index (χ4v) is 2.76. The Kier molecular flexibility index (Phi) is 4.30. The molecule has 1 aromatic carbocycles. The maximum atomic E-state index is 13.2. The Hall–Kier alpha value is -3.30. The zero-order chi connectivity index (χ0) is 19.0. The first kappa shape index (κ1) is 17.1. The molecule has 0 radical (unpaired) electrons. The first-order chi connectivity index (χ1) is 13.0. The third kappa shape index (κ3) is 3.37. The van der Waals surface area contributed by atoms with Gasteiger partial charge in [0, 0.05) is 18.0 Å². The first-order valence-electron chi connectivity index (χ1n) is 8.26. The zero-order valence-electron chi connectivity index (χ0n) is 14.4. The van der Waals surface area contributed by atoms with E-state index in [0.717, 1.165) is 5.69 Å². The summed E-state index contributed by atoms with van der Waals surface area (Å²) in [6, 6.07) is 9.05. The minimum absolute atomic E-state index is 0.129. The summed E-state index contributed by atoms with van der Waals surface area (Å²) in [4.78, 5) is 4.43. The molecule has 0 aliphatic carbocycles. The van der Waals surface area contributed by atoms with Crippen LogP contribution in [0.25, 0.3) is 5.52 Å². The average molecular weight is 368 g/mol. The van der Waals surface area contributed by atoms with E-state index in [2.05, 4.69) is 25.6 Å². The molecular weight excluding hydrogens is 351 g/mol. The molecule has 0 saturated carbocycles. The lowest BCUT2D eigenvalue weighted by atomic mass is 10.1. The van der Waals surface area contributed by atoms with Gasteiger partial charge in [-0.1, -0.05) is 12.1 Å². The quantitative estimate of drug-likeness (QED) is 0.430. The summed E-state index contributed by atoms with van der Waals surface area (Å²) in [5.41, 5.74) is 2.61. The number of nitrogens with zero attached hydrogens (tertiary/aromatic N) is 4. The van der Waals surface area contributed by atoms with Crippen LogP contribution >= 0.6 is 0 Å². The molecule has 9 heteroatoms. The van der Waals surface area contributed by atoms with E-state index in [-0.39, 0.29) is 12.4 Å². The van der Waals surface area contributed by atoms with Gasteiger partial charge < -0.3 is 15.5 Å². The predicted octanol–water partition coefficient (Wildman–Crippen LogP) is 2.22. The van der Waals surface area contributed by atoms with E-state index in [1.54, 1.807) is 12.3 Å². The number of hydrogen-bond acceptors (Lipinski definition) is 6. The van der Waals surface area contributed by atoms with Gasteiger partial charge in [-0.15, -0.1) is 5.10 Å². The molecule has 138 valence electrons. The number of nitrogens with one attached hydrogen (secondary N) is 2. The summed E-state index contributed by atoms with van der Waals surface area (Å²) in [5, 5.41) is 34.5. The molecule has 27 heavy (non-hydrogen) atoms. The van der Waals surface area contributed by atoms with E-state index in [9.17, 15) is 14.6 Å². The highest BCUT2D eigenvalue weighted by Crippen LogP contribution is 2.25. The third-order valence-electron chi connectivity index (χ3n) is 4.10. The molecule has 1 atom stereocenters. The van der Waals surface area contributed by atoms with Gasteiger partial charge in [0.1, 0.15) is 17.4 Å². The second-order valence-corrected chi connectivity index (χ2v) is 6.17. The molecule has 0 amide bonds. The smallest absolute Gasteiger partial charge is 0.184 e. The number of aromatic nitrogens is 5. The Morgan fingerprint density at radius 3 is 2.70 bits per heavy atom. The lowest BCUT2D eigenvalue weighted by Crippen LogP contribution is -2.11. The number of H-pyrrole nitrogens is 1. The maximum absolute atomic E-state index is 13.2. The van der Waals surface area contributed by atoms with Crippen LogP contribution in [0.2, 0.25) is 0 Å². The molecule has 3 aromatic heterocycles. The Balaban J connectivity index is 1.79. The van der Waals surface area contributed by atoms with Crippen LogP contribution in [0.4, 0.5) is 16.0 Å². The van der Waals surface area contributed by atoms with Gasteiger partial charge in [-0.3, -0.25) is 5.10 Å². The highest BCUT2D eigenvalue weighted by atomic mass is 19.1. The van der Waals surface area contributed by atoms with Crippen molar-refractivity contribution in [1.82, 2.24) is 24.8 Å². The molecule has 0 aliphatic rings. The summed E-state index contributed by atoms with van der Waals surface area (Å²) in [6.45, 7) is 1.72. The second kappa shape index (κ2) is 6.78. The van der Waals surface area contributed by atoms with Gasteiger partial charge in [0.05, 0.1) is 6.61 Å². The van der Waals surface area contributed by atoms with Crippen LogP contribution in [-0.2, 0) is 6.61 Å². The summed E-state index contributed by atoms with van der Waals surface area (Å²) in [7, 11) is 0. The lowest BCUT2D eigenvalue weighted by molar-refractivity contribution is 0.208. The molecule has 8 nitrogen and oxygen atoms in total. The standard InChI is InChI=1S/C18H17FN6O2/c1-10-6-15(23-22-10)20-17-14-7-11(9-26)8-25(14)24-18(21-17)16(27)12-2-4-13(19)5-3-12/h2-8,16,26-27H,9H2,1H3,(H2,20,21,22,23,24). The molecule has 0 saturated heterocycles. The number of aromatic amines is 1. The van der Waals surface area contributed by atoms with Crippen molar-refractivity contribution in [2.45, 2.75) is 19.6 Å². The molecule has 4 N–H and O–H groups in total. The van der Waals surface area contributed by atoms with Crippen LogP contribution in [0, 0.1) is 12.7 Å². The van der Waals surface area contributed by atoms with Gasteiger partial charge in [0.25, 0.3) is 0 Å². The van der Waals surface area contributed by atoms with E-state index in [1.807, 2.05) is 13.0 Å². The summed E-state index contributed by atoms with van der Waals surface area (Å²) in [5.74, 6) is 0.718. The highest BCUT2D eigenvalue weighted by Gasteiger charge is 2.18. The van der Waals surface area contributed by atoms with Crippen LogP contribution in [0.3, 0.4) is 0 Å². The molecule has 0 aliphatic heterocycles. The van der Waals surface area contributed by atoms with Gasteiger partial charge in [-0.25, -0.2) is 13.9 Å². The van der Waals surface area contributed by atoms with E-state index in [1.165, 1.54) is 28.8 Å². The van der Waals surface area contributed by atoms with E-state index in [4.69, 9.17) is 0 Å². The average Bonchev–Trinajstić information content (AvgIpc) is 3.27. The molecule has 0 spiro atoms. The van der Waals surface area contributed by atoms with Crippen LogP contribution in [0.5, 0.6) is 0 Å². The number of aliphatic hydroxyl groups is 2. The van der Waals surface area contributed by atoms with Crippen molar-refractivity contribution in [3.63, 3.8) is 0 Å². The van der Waals surface area contributed by atoms with Crippen LogP contribution < -0.4 is 5.32 Å². The Morgan fingerprint density at radius 2 is 2.04 bits per heavy atom. The first-order valence-corrected chi connectivity index (χ1v) is 8.26. The van der Waals surface area contributed by atoms with Crippen LogP contribution in [0.1, 0.15) is 28.7 Å². The number of rotatable bonds is 5. The number of benzene rings is 1. The fourth-order valence-electron chi connectivity index (χ4n) is 2.76. The third-order valence-corrected chi connectivity index (χ3v) is 4.10. The number of aliphatic hydroxyl groups excluding tert-OH is 2. The van der Waals surface area contributed by atoms with Crippen molar-refractivity contribution in [1.29, 1.82) is 0 Å². The topological polar surface area (TPSA) is 111 Å².